The summed E-state index contributed by atoms with van der Waals surface area (Å²) in [6.07, 6.45) is 0. The molecule has 2 aromatic rings. The molecule has 0 spiro atoms. The maximum atomic E-state index is 11.1. The summed E-state index contributed by atoms with van der Waals surface area (Å²) in [6, 6.07) is 11.3. The number of benzene rings is 2. The summed E-state index contributed by atoms with van der Waals surface area (Å²) in [5.41, 5.74) is 9.78. The third-order valence-corrected chi connectivity index (χ3v) is 5.08. The minimum Gasteiger partial charge on any atom is -0.386 e. The van der Waals surface area contributed by atoms with Crippen LogP contribution in [0.4, 0.5) is 10.5 Å². The number of aryl methyl sites for hydroxylation is 1. The molecule has 6 heteroatoms. The van der Waals surface area contributed by atoms with Crippen LogP contribution in [0.25, 0.3) is 0 Å². The van der Waals surface area contributed by atoms with E-state index in [2.05, 4.69) is 52.1 Å². The van der Waals surface area contributed by atoms with Gasteiger partial charge >= 0.3 is 6.03 Å². The van der Waals surface area contributed by atoms with Crippen LogP contribution in [0.3, 0.4) is 0 Å². The van der Waals surface area contributed by atoms with Crippen molar-refractivity contribution in [2.24, 2.45) is 10.9 Å². The van der Waals surface area contributed by atoms with Crippen LogP contribution >= 0.6 is 11.9 Å². The Bertz CT molecular complexity index is 781. The zero-order valence-electron chi connectivity index (χ0n) is 18.5. The van der Waals surface area contributed by atoms with Crippen LogP contribution < -0.4 is 16.2 Å². The predicted molar refractivity (Wildman–Crippen MR) is 124 cm³/mol. The summed E-state index contributed by atoms with van der Waals surface area (Å²) >= 11 is 1.21. The Labute approximate surface area is 179 Å². The van der Waals surface area contributed by atoms with E-state index in [-0.39, 0.29) is 0 Å². The molecule has 0 saturated heterocycles. The molecular formula is C23H35N3O2S. The van der Waals surface area contributed by atoms with Gasteiger partial charge in [-0.25, -0.2) is 4.79 Å². The van der Waals surface area contributed by atoms with E-state index in [0.717, 1.165) is 27.3 Å². The molecule has 0 aliphatic carbocycles. The van der Waals surface area contributed by atoms with Gasteiger partial charge in [0.25, 0.3) is 0 Å². The molecule has 0 atom stereocenters. The van der Waals surface area contributed by atoms with Crippen LogP contribution in [0, 0.1) is 6.92 Å². The zero-order valence-corrected chi connectivity index (χ0v) is 19.4. The molecule has 0 heterocycles. The van der Waals surface area contributed by atoms with E-state index < -0.39 is 11.6 Å². The predicted octanol–water partition coefficient (Wildman–Crippen LogP) is 5.61. The normalized spacial score (nSPS) is 11.3. The lowest BCUT2D eigenvalue weighted by Gasteiger charge is -2.20. The van der Waals surface area contributed by atoms with E-state index in [0.29, 0.717) is 11.8 Å². The molecule has 0 bridgehead atoms. The highest BCUT2D eigenvalue weighted by Gasteiger charge is 2.16. The maximum absolute atomic E-state index is 11.1. The minimum atomic E-state index is -0.766. The van der Waals surface area contributed by atoms with Crippen LogP contribution in [0.1, 0.15) is 75.6 Å². The monoisotopic (exact) mass is 417 g/mol. The van der Waals surface area contributed by atoms with E-state index in [9.17, 15) is 9.90 Å². The summed E-state index contributed by atoms with van der Waals surface area (Å²) in [7, 11) is 0. The highest BCUT2D eigenvalue weighted by Crippen LogP contribution is 2.33. The number of anilines is 1. The first-order valence-corrected chi connectivity index (χ1v) is 10.6. The van der Waals surface area contributed by atoms with Gasteiger partial charge in [0.05, 0.1) is 5.60 Å². The number of nitrogens with two attached hydrogens (primary N) is 2. The Morgan fingerprint density at radius 1 is 1.03 bits per heavy atom. The molecule has 0 aromatic heterocycles. The first-order valence-electron chi connectivity index (χ1n) is 9.77. The fourth-order valence-corrected chi connectivity index (χ4v) is 3.26. The standard InChI is InChI=1S/C14H22N2O.C9H13NOS/c1-8(2)11-6-10(5)7-12(9(3)4)13(11)16-14(15)17;1-9(2,11)7-3-5-8(12-10)6-4-7/h6-9H,1-5H3,(H3,15,16,17);3-6,11H,10H2,1-2H3. The van der Waals surface area contributed by atoms with Gasteiger partial charge in [0.1, 0.15) is 0 Å². The number of carbonyl (C=O) groups is 1. The van der Waals surface area contributed by atoms with Gasteiger partial charge in [-0.3, -0.25) is 5.14 Å². The van der Waals surface area contributed by atoms with Gasteiger partial charge in [0.2, 0.25) is 0 Å². The minimum absolute atomic E-state index is 0.356. The number of carbonyl (C=O) groups excluding carboxylic acids is 1. The molecule has 6 N–H and O–H groups in total. The molecule has 5 nitrogen and oxygen atoms in total. The van der Waals surface area contributed by atoms with Crippen molar-refractivity contribution in [1.29, 1.82) is 0 Å². The number of aliphatic hydroxyl groups is 1. The van der Waals surface area contributed by atoms with Crippen molar-refractivity contribution in [3.05, 3.63) is 58.7 Å². The molecule has 0 aliphatic rings. The van der Waals surface area contributed by atoms with Crippen molar-refractivity contribution in [3.8, 4) is 0 Å². The Balaban J connectivity index is 0.000000308. The molecule has 2 aromatic carbocycles. The average Bonchev–Trinajstić information content (AvgIpc) is 2.62. The Morgan fingerprint density at radius 2 is 1.48 bits per heavy atom. The first-order chi connectivity index (χ1) is 13.4. The van der Waals surface area contributed by atoms with Crippen molar-refractivity contribution in [2.75, 3.05) is 5.32 Å². The summed E-state index contributed by atoms with van der Waals surface area (Å²) in [5.74, 6) is 0.712. The summed E-state index contributed by atoms with van der Waals surface area (Å²) in [5, 5.41) is 17.7. The third kappa shape index (κ3) is 7.72. The molecule has 2 amide bonds. The van der Waals surface area contributed by atoms with E-state index in [1.54, 1.807) is 13.8 Å². The van der Waals surface area contributed by atoms with Gasteiger partial charge in [-0.05, 0) is 73.4 Å². The molecule has 0 fully saturated rings. The molecule has 0 unspecified atom stereocenters. The van der Waals surface area contributed by atoms with E-state index in [1.807, 2.05) is 24.3 Å². The molecule has 0 saturated carbocycles. The largest absolute Gasteiger partial charge is 0.386 e. The Kier molecular flexibility index (Phi) is 9.20. The van der Waals surface area contributed by atoms with Crippen LogP contribution in [0.15, 0.2) is 41.3 Å². The average molecular weight is 418 g/mol. The number of primary amides is 1. The van der Waals surface area contributed by atoms with Crippen molar-refractivity contribution in [1.82, 2.24) is 0 Å². The third-order valence-electron chi connectivity index (χ3n) is 4.53. The second-order valence-corrected chi connectivity index (χ2v) is 9.03. The second kappa shape index (κ2) is 10.7. The highest BCUT2D eigenvalue weighted by molar-refractivity contribution is 7.97. The molecule has 29 heavy (non-hydrogen) atoms. The van der Waals surface area contributed by atoms with Crippen LogP contribution in [-0.2, 0) is 5.60 Å². The number of rotatable bonds is 5. The van der Waals surface area contributed by atoms with Gasteiger partial charge in [0, 0.05) is 10.6 Å². The quantitative estimate of drug-likeness (QED) is 0.475. The summed E-state index contributed by atoms with van der Waals surface area (Å²) in [6.45, 7) is 14.1. The SMILES string of the molecule is CC(C)(O)c1ccc(SN)cc1.Cc1cc(C(C)C)c(NC(N)=O)c(C(C)C)c1. The highest BCUT2D eigenvalue weighted by atomic mass is 32.2. The number of urea groups is 1. The van der Waals surface area contributed by atoms with E-state index >= 15 is 0 Å². The fourth-order valence-electron chi connectivity index (χ4n) is 2.96. The van der Waals surface area contributed by atoms with Crippen LogP contribution in [0.5, 0.6) is 0 Å². The number of hydrogen-bond donors (Lipinski definition) is 4. The lowest BCUT2D eigenvalue weighted by molar-refractivity contribution is 0.0785. The molecule has 2 rings (SSSR count). The van der Waals surface area contributed by atoms with Gasteiger partial charge in [-0.1, -0.05) is 57.5 Å². The van der Waals surface area contributed by atoms with Gasteiger partial charge in [-0.15, -0.1) is 0 Å². The summed E-state index contributed by atoms with van der Waals surface area (Å²) < 4.78 is 0. The number of amides is 2. The maximum Gasteiger partial charge on any atom is 0.316 e. The zero-order chi connectivity index (χ0) is 22.4. The Hall–Kier alpha value is -2.02. The number of hydrogen-bond acceptors (Lipinski definition) is 4. The fraction of sp³-hybridized carbons (Fsp3) is 0.435. The van der Waals surface area contributed by atoms with Crippen LogP contribution in [-0.4, -0.2) is 11.1 Å². The molecule has 160 valence electrons. The second-order valence-electron chi connectivity index (χ2n) is 8.32. The van der Waals surface area contributed by atoms with Crippen LogP contribution in [0.2, 0.25) is 0 Å². The lowest BCUT2D eigenvalue weighted by Crippen LogP contribution is -2.22. The Morgan fingerprint density at radius 3 is 1.79 bits per heavy atom. The van der Waals surface area contributed by atoms with E-state index in [1.165, 1.54) is 17.5 Å². The topological polar surface area (TPSA) is 101 Å². The van der Waals surface area contributed by atoms with Gasteiger partial charge in [-0.2, -0.15) is 0 Å². The van der Waals surface area contributed by atoms with Crippen molar-refractivity contribution < 1.29 is 9.90 Å². The molecule has 0 radical (unpaired) electrons. The molecule has 0 aliphatic heterocycles. The van der Waals surface area contributed by atoms with Crippen molar-refractivity contribution in [2.45, 2.75) is 70.8 Å². The lowest BCUT2D eigenvalue weighted by atomic mass is 9.90. The first kappa shape index (κ1) is 25.0. The summed E-state index contributed by atoms with van der Waals surface area (Å²) in [4.78, 5) is 12.1. The van der Waals surface area contributed by atoms with Gasteiger partial charge in [0.15, 0.2) is 0 Å². The van der Waals surface area contributed by atoms with Gasteiger partial charge < -0.3 is 16.2 Å². The van der Waals surface area contributed by atoms with E-state index in [4.69, 9.17) is 10.9 Å². The van der Waals surface area contributed by atoms with Crippen molar-refractivity contribution in [3.63, 3.8) is 0 Å². The van der Waals surface area contributed by atoms with Crippen molar-refractivity contribution >= 4 is 23.7 Å². The number of nitrogens with one attached hydrogen (secondary N) is 1. The smallest absolute Gasteiger partial charge is 0.316 e. The molecular weight excluding hydrogens is 382 g/mol.